The maximum Gasteiger partial charge on any atom is 0.122 e. The van der Waals surface area contributed by atoms with Crippen LogP contribution in [-0.4, -0.2) is 24.1 Å². The lowest BCUT2D eigenvalue weighted by molar-refractivity contribution is 0.356. The summed E-state index contributed by atoms with van der Waals surface area (Å²) in [4.78, 5) is 0. The molecule has 100 valence electrons. The van der Waals surface area contributed by atoms with Crippen LogP contribution in [0, 0.1) is 0 Å². The molecule has 0 aromatic heterocycles. The third-order valence-corrected chi connectivity index (χ3v) is 4.29. The second-order valence-electron chi connectivity index (χ2n) is 5.56. The molecule has 1 aliphatic rings. The van der Waals surface area contributed by atoms with Crippen LogP contribution in [0.5, 0.6) is 5.75 Å². The lowest BCUT2D eigenvalue weighted by Gasteiger charge is -2.29. The minimum atomic E-state index is -0.0264. The van der Waals surface area contributed by atoms with E-state index in [4.69, 9.17) is 16.3 Å². The fourth-order valence-corrected chi connectivity index (χ4v) is 2.14. The Balaban J connectivity index is 1.87. The monoisotopic (exact) mass is 267 g/mol. The molecule has 1 atom stereocenters. The SMILES string of the molecule is CC(Cl)C(C)(C)NCCc1ccc2c(c1)CCO2. The molecular formula is C15H22ClNO. The second kappa shape index (κ2) is 5.50. The average Bonchev–Trinajstić information content (AvgIpc) is 2.75. The van der Waals surface area contributed by atoms with E-state index >= 15 is 0 Å². The molecule has 2 nitrogen and oxygen atoms in total. The van der Waals surface area contributed by atoms with Crippen LogP contribution in [0.2, 0.25) is 0 Å². The highest BCUT2D eigenvalue weighted by Crippen LogP contribution is 2.26. The molecule has 0 amide bonds. The minimum absolute atomic E-state index is 0.0264. The summed E-state index contributed by atoms with van der Waals surface area (Å²) in [6.45, 7) is 8.08. The normalized spacial score (nSPS) is 16.2. The van der Waals surface area contributed by atoms with Crippen molar-refractivity contribution in [1.82, 2.24) is 5.32 Å². The van der Waals surface area contributed by atoms with E-state index in [0.717, 1.165) is 31.7 Å². The van der Waals surface area contributed by atoms with Gasteiger partial charge in [0.15, 0.2) is 0 Å². The molecule has 1 aromatic rings. The molecule has 0 radical (unpaired) electrons. The second-order valence-corrected chi connectivity index (χ2v) is 6.21. The Morgan fingerprint density at radius 3 is 2.94 bits per heavy atom. The maximum atomic E-state index is 6.15. The van der Waals surface area contributed by atoms with Gasteiger partial charge < -0.3 is 10.1 Å². The summed E-state index contributed by atoms with van der Waals surface area (Å²) in [7, 11) is 0. The quantitative estimate of drug-likeness (QED) is 0.828. The molecule has 0 saturated carbocycles. The van der Waals surface area contributed by atoms with Gasteiger partial charge in [0.25, 0.3) is 0 Å². The van der Waals surface area contributed by atoms with E-state index in [1.54, 1.807) is 0 Å². The van der Waals surface area contributed by atoms with Gasteiger partial charge in [-0.05, 0) is 50.9 Å². The van der Waals surface area contributed by atoms with E-state index in [1.165, 1.54) is 11.1 Å². The number of hydrogen-bond acceptors (Lipinski definition) is 2. The third kappa shape index (κ3) is 3.18. The zero-order valence-corrected chi connectivity index (χ0v) is 12.2. The Kier molecular flexibility index (Phi) is 4.18. The van der Waals surface area contributed by atoms with Gasteiger partial charge in [0.1, 0.15) is 5.75 Å². The highest BCUT2D eigenvalue weighted by molar-refractivity contribution is 6.21. The standard InChI is InChI=1S/C15H22ClNO/c1-11(16)15(2,3)17-8-6-12-4-5-14-13(10-12)7-9-18-14/h4-5,10-11,17H,6-9H2,1-3H3. The van der Waals surface area contributed by atoms with Gasteiger partial charge in [-0.3, -0.25) is 0 Å². The van der Waals surface area contributed by atoms with E-state index in [0.29, 0.717) is 0 Å². The lowest BCUT2D eigenvalue weighted by atomic mass is 10.0. The minimum Gasteiger partial charge on any atom is -0.493 e. The molecule has 0 spiro atoms. The fourth-order valence-electron chi connectivity index (χ4n) is 2.07. The number of benzene rings is 1. The van der Waals surface area contributed by atoms with Gasteiger partial charge in [-0.2, -0.15) is 0 Å². The lowest BCUT2D eigenvalue weighted by Crippen LogP contribution is -2.46. The van der Waals surface area contributed by atoms with Crippen molar-refractivity contribution in [2.75, 3.05) is 13.2 Å². The molecule has 0 bridgehead atoms. The summed E-state index contributed by atoms with van der Waals surface area (Å²) in [5.41, 5.74) is 2.68. The first kappa shape index (κ1) is 13.7. The van der Waals surface area contributed by atoms with Crippen LogP contribution >= 0.6 is 11.6 Å². The van der Waals surface area contributed by atoms with Gasteiger partial charge >= 0.3 is 0 Å². The number of alkyl halides is 1. The summed E-state index contributed by atoms with van der Waals surface area (Å²) in [5.74, 6) is 1.06. The summed E-state index contributed by atoms with van der Waals surface area (Å²) in [5, 5.41) is 3.63. The molecule has 3 heteroatoms. The molecule has 0 aliphatic carbocycles. The zero-order chi connectivity index (χ0) is 13.2. The Labute approximate surface area is 115 Å². The summed E-state index contributed by atoms with van der Waals surface area (Å²) < 4.78 is 5.51. The predicted molar refractivity (Wildman–Crippen MR) is 76.7 cm³/mol. The Hall–Kier alpha value is -0.730. The largest absolute Gasteiger partial charge is 0.493 e. The fraction of sp³-hybridized carbons (Fsp3) is 0.600. The van der Waals surface area contributed by atoms with Crippen molar-refractivity contribution in [3.63, 3.8) is 0 Å². The average molecular weight is 268 g/mol. The van der Waals surface area contributed by atoms with E-state index in [1.807, 2.05) is 6.92 Å². The topological polar surface area (TPSA) is 21.3 Å². The number of ether oxygens (including phenoxy) is 1. The first-order valence-corrected chi connectivity index (χ1v) is 7.06. The molecule has 2 rings (SSSR count). The van der Waals surface area contributed by atoms with Crippen LogP contribution in [0.15, 0.2) is 18.2 Å². The van der Waals surface area contributed by atoms with Crippen molar-refractivity contribution < 1.29 is 4.74 Å². The van der Waals surface area contributed by atoms with Crippen molar-refractivity contribution in [2.24, 2.45) is 0 Å². The molecule has 1 unspecified atom stereocenters. The first-order chi connectivity index (χ1) is 8.49. The van der Waals surface area contributed by atoms with Crippen molar-refractivity contribution in [1.29, 1.82) is 0 Å². The van der Waals surface area contributed by atoms with Crippen LogP contribution in [0.1, 0.15) is 31.9 Å². The van der Waals surface area contributed by atoms with Gasteiger partial charge in [-0.15, -0.1) is 11.6 Å². The molecule has 1 N–H and O–H groups in total. The maximum absolute atomic E-state index is 6.15. The molecule has 18 heavy (non-hydrogen) atoms. The van der Waals surface area contributed by atoms with Crippen LogP contribution in [0.4, 0.5) is 0 Å². The van der Waals surface area contributed by atoms with Gasteiger partial charge in [-0.1, -0.05) is 12.1 Å². The van der Waals surface area contributed by atoms with E-state index in [-0.39, 0.29) is 10.9 Å². The van der Waals surface area contributed by atoms with Gasteiger partial charge in [-0.25, -0.2) is 0 Å². The van der Waals surface area contributed by atoms with Gasteiger partial charge in [0, 0.05) is 17.3 Å². The first-order valence-electron chi connectivity index (χ1n) is 6.63. The van der Waals surface area contributed by atoms with Gasteiger partial charge in [0.05, 0.1) is 6.61 Å². The number of hydrogen-bond donors (Lipinski definition) is 1. The Bertz CT molecular complexity index is 415. The molecule has 1 aliphatic heterocycles. The highest BCUT2D eigenvalue weighted by atomic mass is 35.5. The predicted octanol–water partition coefficient (Wildman–Crippen LogP) is 3.16. The Morgan fingerprint density at radius 1 is 1.44 bits per heavy atom. The summed E-state index contributed by atoms with van der Waals surface area (Å²) in [6, 6.07) is 6.51. The van der Waals surface area contributed by atoms with Crippen molar-refractivity contribution in [3.8, 4) is 5.75 Å². The molecule has 0 fully saturated rings. The van der Waals surface area contributed by atoms with Crippen LogP contribution in [0.3, 0.4) is 0 Å². The van der Waals surface area contributed by atoms with E-state index in [2.05, 4.69) is 37.4 Å². The number of halogens is 1. The van der Waals surface area contributed by atoms with Crippen molar-refractivity contribution in [2.45, 2.75) is 44.5 Å². The molecule has 1 heterocycles. The van der Waals surface area contributed by atoms with E-state index < -0.39 is 0 Å². The van der Waals surface area contributed by atoms with Crippen molar-refractivity contribution >= 4 is 11.6 Å². The zero-order valence-electron chi connectivity index (χ0n) is 11.4. The van der Waals surface area contributed by atoms with Gasteiger partial charge in [0.2, 0.25) is 0 Å². The third-order valence-electron chi connectivity index (χ3n) is 3.74. The number of fused-ring (bicyclic) bond motifs is 1. The summed E-state index contributed by atoms with van der Waals surface area (Å²) >= 11 is 6.15. The van der Waals surface area contributed by atoms with Crippen molar-refractivity contribution in [3.05, 3.63) is 29.3 Å². The summed E-state index contributed by atoms with van der Waals surface area (Å²) in [6.07, 6.45) is 2.07. The molecular weight excluding hydrogens is 246 g/mol. The van der Waals surface area contributed by atoms with Crippen LogP contribution in [0.25, 0.3) is 0 Å². The molecule has 1 aromatic carbocycles. The Morgan fingerprint density at radius 2 is 2.22 bits per heavy atom. The smallest absolute Gasteiger partial charge is 0.122 e. The van der Waals surface area contributed by atoms with Crippen LogP contribution < -0.4 is 10.1 Å². The number of nitrogens with one attached hydrogen (secondary N) is 1. The molecule has 0 saturated heterocycles. The van der Waals surface area contributed by atoms with Crippen LogP contribution in [-0.2, 0) is 12.8 Å². The number of rotatable bonds is 5. The highest BCUT2D eigenvalue weighted by Gasteiger charge is 2.22. The van der Waals surface area contributed by atoms with E-state index in [9.17, 15) is 0 Å².